The second kappa shape index (κ2) is 6.60. The van der Waals surface area contributed by atoms with Crippen LogP contribution < -0.4 is 5.32 Å². The predicted molar refractivity (Wildman–Crippen MR) is 93.3 cm³/mol. The van der Waals surface area contributed by atoms with Crippen LogP contribution in [0.15, 0.2) is 35.9 Å². The molecular weight excluding hydrogens is 308 g/mol. The van der Waals surface area contributed by atoms with Gasteiger partial charge in [-0.3, -0.25) is 10.1 Å². The van der Waals surface area contributed by atoms with Crippen molar-refractivity contribution in [3.8, 4) is 0 Å². The molecule has 120 valence electrons. The van der Waals surface area contributed by atoms with Crippen molar-refractivity contribution in [3.05, 3.63) is 46.5 Å². The van der Waals surface area contributed by atoms with Gasteiger partial charge in [0.15, 0.2) is 0 Å². The molecule has 1 N–H and O–H groups in total. The Bertz CT molecular complexity index is 736. The lowest BCUT2D eigenvalue weighted by Crippen LogP contribution is -2.15. The zero-order valence-corrected chi connectivity index (χ0v) is 14.4. The first-order chi connectivity index (χ1) is 11.1. The summed E-state index contributed by atoms with van der Waals surface area (Å²) < 4.78 is 0. The molecular formula is C17H20N4OS. The first-order valence-corrected chi connectivity index (χ1v) is 8.42. The number of hydrogen-bond donors (Lipinski definition) is 1. The van der Waals surface area contributed by atoms with Crippen LogP contribution in [0.2, 0.25) is 0 Å². The third-order valence-corrected chi connectivity index (χ3v) is 4.78. The van der Waals surface area contributed by atoms with Gasteiger partial charge in [-0.1, -0.05) is 47.2 Å². The van der Waals surface area contributed by atoms with Gasteiger partial charge in [0.25, 0.3) is 0 Å². The van der Waals surface area contributed by atoms with Crippen LogP contribution in [-0.2, 0) is 11.2 Å². The van der Waals surface area contributed by atoms with E-state index in [0.29, 0.717) is 5.13 Å². The lowest BCUT2D eigenvalue weighted by Gasteiger charge is -2.05. The summed E-state index contributed by atoms with van der Waals surface area (Å²) >= 11 is 1.45. The van der Waals surface area contributed by atoms with Crippen LogP contribution in [0.3, 0.4) is 0 Å². The Kier molecular flexibility index (Phi) is 4.54. The highest BCUT2D eigenvalue weighted by molar-refractivity contribution is 7.15. The summed E-state index contributed by atoms with van der Waals surface area (Å²) in [7, 11) is 4.05. The lowest BCUT2D eigenvalue weighted by molar-refractivity contribution is -0.116. The molecule has 1 heterocycles. The van der Waals surface area contributed by atoms with Crippen LogP contribution in [0.4, 0.5) is 5.13 Å². The highest BCUT2D eigenvalue weighted by atomic mass is 32.1. The molecule has 0 saturated heterocycles. The molecule has 1 aromatic heterocycles. The zero-order valence-electron chi connectivity index (χ0n) is 13.5. The van der Waals surface area contributed by atoms with Crippen LogP contribution in [0, 0.1) is 5.92 Å². The molecule has 1 amide bonds. The van der Waals surface area contributed by atoms with Gasteiger partial charge in [0.05, 0.1) is 5.92 Å². The number of aromatic nitrogens is 2. The molecule has 0 fully saturated rings. The Hall–Kier alpha value is -2.05. The average Bonchev–Trinajstić information content (AvgIpc) is 3.00. The summed E-state index contributed by atoms with van der Waals surface area (Å²) in [5, 5.41) is 12.6. The summed E-state index contributed by atoms with van der Waals surface area (Å²) in [5.41, 5.74) is 3.38. The van der Waals surface area contributed by atoms with E-state index in [1.165, 1.54) is 11.3 Å². The summed E-state index contributed by atoms with van der Waals surface area (Å²) in [5.74, 6) is -0.150. The summed E-state index contributed by atoms with van der Waals surface area (Å²) in [4.78, 5) is 14.5. The molecule has 0 spiro atoms. The molecule has 3 rings (SSSR count). The van der Waals surface area contributed by atoms with Crippen LogP contribution in [-0.4, -0.2) is 41.6 Å². The number of likely N-dealkylation sites (N-methyl/N-ethyl adjacent to an activating group) is 1. The van der Waals surface area contributed by atoms with Crippen LogP contribution in [0.5, 0.6) is 0 Å². The first kappa shape index (κ1) is 15.8. The number of benzene rings is 1. The third kappa shape index (κ3) is 3.65. The molecule has 23 heavy (non-hydrogen) atoms. The molecule has 1 unspecified atom stereocenters. The fourth-order valence-electron chi connectivity index (χ4n) is 2.57. The molecule has 2 aromatic rings. The van der Waals surface area contributed by atoms with Gasteiger partial charge in [-0.25, -0.2) is 0 Å². The number of amides is 1. The van der Waals surface area contributed by atoms with Gasteiger partial charge in [0, 0.05) is 13.0 Å². The van der Waals surface area contributed by atoms with Crippen molar-refractivity contribution in [2.75, 3.05) is 26.0 Å². The Morgan fingerprint density at radius 1 is 1.26 bits per heavy atom. The largest absolute Gasteiger partial charge is 0.309 e. The number of nitrogens with one attached hydrogen (secondary N) is 1. The van der Waals surface area contributed by atoms with E-state index >= 15 is 0 Å². The summed E-state index contributed by atoms with van der Waals surface area (Å²) in [6, 6.07) is 10.0. The summed E-state index contributed by atoms with van der Waals surface area (Å²) in [6.07, 6.45) is 0.844. The van der Waals surface area contributed by atoms with Crippen LogP contribution >= 0.6 is 11.3 Å². The molecule has 1 aliphatic carbocycles. The van der Waals surface area contributed by atoms with Crippen molar-refractivity contribution >= 4 is 27.9 Å². The van der Waals surface area contributed by atoms with E-state index < -0.39 is 0 Å². The van der Waals surface area contributed by atoms with Gasteiger partial charge < -0.3 is 4.90 Å². The maximum Gasteiger partial charge on any atom is 0.237 e. The molecule has 0 aliphatic heterocycles. The average molecular weight is 328 g/mol. The fourth-order valence-corrected chi connectivity index (χ4v) is 3.30. The highest BCUT2D eigenvalue weighted by Gasteiger charge is 2.40. The van der Waals surface area contributed by atoms with Gasteiger partial charge in [-0.15, -0.1) is 10.2 Å². The first-order valence-electron chi connectivity index (χ1n) is 7.60. The molecule has 0 bridgehead atoms. The van der Waals surface area contributed by atoms with E-state index in [1.807, 2.05) is 51.4 Å². The van der Waals surface area contributed by atoms with Gasteiger partial charge in [-0.05, 0) is 32.2 Å². The fraction of sp³-hybridized carbons (Fsp3) is 0.353. The normalized spacial score (nSPS) is 16.8. The smallest absolute Gasteiger partial charge is 0.237 e. The maximum absolute atomic E-state index is 12.4. The van der Waals surface area contributed by atoms with Crippen LogP contribution in [0.25, 0.3) is 5.57 Å². The topological polar surface area (TPSA) is 58.1 Å². The molecule has 0 saturated carbocycles. The van der Waals surface area contributed by atoms with Crippen molar-refractivity contribution in [2.24, 2.45) is 5.92 Å². The van der Waals surface area contributed by atoms with Crippen molar-refractivity contribution in [1.29, 1.82) is 0 Å². The molecule has 0 radical (unpaired) electrons. The minimum atomic E-state index is -0.133. The molecule has 1 aliphatic rings. The minimum Gasteiger partial charge on any atom is -0.309 e. The minimum absolute atomic E-state index is 0.0170. The number of anilines is 1. The van der Waals surface area contributed by atoms with E-state index in [-0.39, 0.29) is 11.8 Å². The number of hydrogen-bond acceptors (Lipinski definition) is 5. The summed E-state index contributed by atoms with van der Waals surface area (Å²) in [6.45, 7) is 2.93. The molecule has 1 aromatic carbocycles. The highest BCUT2D eigenvalue weighted by Crippen LogP contribution is 2.47. The van der Waals surface area contributed by atoms with Crippen molar-refractivity contribution in [1.82, 2.24) is 15.1 Å². The Morgan fingerprint density at radius 3 is 2.70 bits per heavy atom. The quantitative estimate of drug-likeness (QED) is 0.886. The molecule has 5 nitrogen and oxygen atoms in total. The number of carbonyl (C=O) groups is 1. The van der Waals surface area contributed by atoms with Crippen molar-refractivity contribution in [3.63, 3.8) is 0 Å². The predicted octanol–water partition coefficient (Wildman–Crippen LogP) is 2.68. The zero-order chi connectivity index (χ0) is 16.4. The van der Waals surface area contributed by atoms with Gasteiger partial charge in [-0.2, -0.15) is 0 Å². The van der Waals surface area contributed by atoms with Crippen molar-refractivity contribution in [2.45, 2.75) is 13.3 Å². The van der Waals surface area contributed by atoms with Gasteiger partial charge in [0.1, 0.15) is 5.01 Å². The Labute approximate surface area is 140 Å². The standard InChI is InChI=1S/C17H20N4OS/c1-11-14(12-7-5-4-6-8-12)15(11)16(22)18-17-20-19-13(23-17)9-10-21(2)3/h4-8,15H,9-10H2,1-3H3,(H,18,20,22). The van der Waals surface area contributed by atoms with E-state index in [2.05, 4.69) is 20.4 Å². The van der Waals surface area contributed by atoms with E-state index in [4.69, 9.17) is 0 Å². The second-order valence-corrected chi connectivity index (χ2v) is 7.00. The Morgan fingerprint density at radius 2 is 2.00 bits per heavy atom. The SMILES string of the molecule is CC1=C(c2ccccc2)C1C(=O)Nc1nnc(CCN(C)C)s1. The Balaban J connectivity index is 1.59. The van der Waals surface area contributed by atoms with Gasteiger partial charge >= 0.3 is 0 Å². The van der Waals surface area contributed by atoms with Crippen molar-refractivity contribution < 1.29 is 4.79 Å². The van der Waals surface area contributed by atoms with E-state index in [0.717, 1.165) is 34.7 Å². The second-order valence-electron chi connectivity index (χ2n) is 5.94. The van der Waals surface area contributed by atoms with E-state index in [9.17, 15) is 4.79 Å². The van der Waals surface area contributed by atoms with Crippen LogP contribution in [0.1, 0.15) is 17.5 Å². The molecule has 6 heteroatoms. The number of carbonyl (C=O) groups excluding carboxylic acids is 1. The molecule has 1 atom stereocenters. The van der Waals surface area contributed by atoms with E-state index in [1.54, 1.807) is 0 Å². The number of nitrogens with zero attached hydrogens (tertiary/aromatic N) is 3. The maximum atomic E-state index is 12.4. The monoisotopic (exact) mass is 328 g/mol. The number of rotatable bonds is 6. The lowest BCUT2D eigenvalue weighted by atomic mass is 10.1. The third-order valence-electron chi connectivity index (χ3n) is 3.88. The van der Waals surface area contributed by atoms with Gasteiger partial charge in [0.2, 0.25) is 11.0 Å².